The van der Waals surface area contributed by atoms with Crippen molar-refractivity contribution in [3.63, 3.8) is 0 Å². The molecule has 0 amide bonds. The monoisotopic (exact) mass is 248 g/mol. The molecular formula is C16H12N2O. The lowest BCUT2D eigenvalue weighted by Crippen LogP contribution is -2.09. The number of nitrogens with zero attached hydrogens (tertiary/aromatic N) is 1. The number of hydrogen-bond acceptors (Lipinski definition) is 1. The van der Waals surface area contributed by atoms with Crippen LogP contribution in [-0.2, 0) is 0 Å². The lowest BCUT2D eigenvalue weighted by molar-refractivity contribution is 1.21. The third kappa shape index (κ3) is 1.35. The van der Waals surface area contributed by atoms with E-state index in [1.54, 1.807) is 0 Å². The Bertz CT molecular complexity index is 992. The van der Waals surface area contributed by atoms with Crippen molar-refractivity contribution in [2.75, 3.05) is 0 Å². The molecule has 2 aromatic heterocycles. The van der Waals surface area contributed by atoms with E-state index in [1.165, 1.54) is 0 Å². The number of benzene rings is 2. The predicted octanol–water partition coefficient (Wildman–Crippen LogP) is 3.24. The van der Waals surface area contributed by atoms with Gasteiger partial charge in [-0.3, -0.25) is 4.79 Å². The van der Waals surface area contributed by atoms with Gasteiger partial charge in [0, 0.05) is 5.39 Å². The van der Waals surface area contributed by atoms with Crippen LogP contribution in [0.2, 0.25) is 0 Å². The van der Waals surface area contributed by atoms with Gasteiger partial charge in [0.05, 0.1) is 16.6 Å². The number of H-pyrrole nitrogens is 1. The van der Waals surface area contributed by atoms with Crippen LogP contribution in [0.3, 0.4) is 0 Å². The van der Waals surface area contributed by atoms with Crippen molar-refractivity contribution in [3.05, 3.63) is 64.4 Å². The van der Waals surface area contributed by atoms with E-state index in [1.807, 2.05) is 47.7 Å². The van der Waals surface area contributed by atoms with Crippen molar-refractivity contribution >= 4 is 27.5 Å². The van der Waals surface area contributed by atoms with Crippen molar-refractivity contribution in [3.8, 4) is 0 Å². The standard InChI is InChI=1S/C16H12N2O/c1-10-6-7-14-12(8-10)17-16(19)15-9-11-4-2-3-5-13(11)18(14)15/h2-9H,1H3,(H,17,19). The van der Waals surface area contributed by atoms with E-state index in [2.05, 4.69) is 17.1 Å². The highest BCUT2D eigenvalue weighted by molar-refractivity contribution is 5.92. The average molecular weight is 248 g/mol. The minimum Gasteiger partial charge on any atom is -0.319 e. The second-order valence-corrected chi connectivity index (χ2v) is 4.90. The summed E-state index contributed by atoms with van der Waals surface area (Å²) in [5.74, 6) is 0. The van der Waals surface area contributed by atoms with Crippen LogP contribution in [0.15, 0.2) is 53.3 Å². The Balaban J connectivity index is 2.40. The second-order valence-electron chi connectivity index (χ2n) is 4.90. The quantitative estimate of drug-likeness (QED) is 0.509. The average Bonchev–Trinajstić information content (AvgIpc) is 2.79. The summed E-state index contributed by atoms with van der Waals surface area (Å²) >= 11 is 0. The molecule has 0 atom stereocenters. The third-order valence-electron chi connectivity index (χ3n) is 3.58. The highest BCUT2D eigenvalue weighted by Gasteiger charge is 2.09. The number of aromatic amines is 1. The molecule has 0 saturated heterocycles. The fraction of sp³-hybridized carbons (Fsp3) is 0.0625. The molecule has 0 radical (unpaired) electrons. The van der Waals surface area contributed by atoms with Crippen LogP contribution in [0.1, 0.15) is 5.56 Å². The summed E-state index contributed by atoms with van der Waals surface area (Å²) in [6.07, 6.45) is 0. The summed E-state index contributed by atoms with van der Waals surface area (Å²) in [5, 5.41) is 1.08. The summed E-state index contributed by atoms with van der Waals surface area (Å²) < 4.78 is 2.03. The van der Waals surface area contributed by atoms with Gasteiger partial charge in [0.1, 0.15) is 5.52 Å². The van der Waals surface area contributed by atoms with Crippen molar-refractivity contribution in [1.29, 1.82) is 0 Å². The molecule has 0 aliphatic rings. The maximum Gasteiger partial charge on any atom is 0.272 e. The van der Waals surface area contributed by atoms with Crippen LogP contribution in [0.5, 0.6) is 0 Å². The van der Waals surface area contributed by atoms with Crippen molar-refractivity contribution in [2.45, 2.75) is 6.92 Å². The summed E-state index contributed by atoms with van der Waals surface area (Å²) in [4.78, 5) is 15.2. The minimum atomic E-state index is -0.0469. The molecule has 2 heterocycles. The molecular weight excluding hydrogens is 236 g/mol. The molecule has 1 N–H and O–H groups in total. The molecule has 3 heteroatoms. The summed E-state index contributed by atoms with van der Waals surface area (Å²) in [7, 11) is 0. The highest BCUT2D eigenvalue weighted by Crippen LogP contribution is 2.22. The van der Waals surface area contributed by atoms with E-state index in [4.69, 9.17) is 0 Å². The fourth-order valence-electron chi connectivity index (χ4n) is 2.71. The molecule has 4 aromatic rings. The second kappa shape index (κ2) is 3.48. The lowest BCUT2D eigenvalue weighted by atomic mass is 10.2. The van der Waals surface area contributed by atoms with Gasteiger partial charge in [-0.05, 0) is 36.8 Å². The summed E-state index contributed by atoms with van der Waals surface area (Å²) in [5.41, 5.74) is 4.75. The van der Waals surface area contributed by atoms with Crippen LogP contribution >= 0.6 is 0 Å². The van der Waals surface area contributed by atoms with Gasteiger partial charge in [0.2, 0.25) is 0 Å². The first-order chi connectivity index (χ1) is 9.24. The Kier molecular flexibility index (Phi) is 1.90. The number of aromatic nitrogens is 2. The minimum absolute atomic E-state index is 0.0469. The van der Waals surface area contributed by atoms with Gasteiger partial charge in [-0.1, -0.05) is 24.3 Å². The first kappa shape index (κ1) is 10.4. The third-order valence-corrected chi connectivity index (χ3v) is 3.58. The van der Waals surface area contributed by atoms with Crippen LogP contribution in [0.4, 0.5) is 0 Å². The van der Waals surface area contributed by atoms with Crippen LogP contribution < -0.4 is 5.56 Å². The Morgan fingerprint density at radius 3 is 2.68 bits per heavy atom. The number of rotatable bonds is 0. The van der Waals surface area contributed by atoms with Gasteiger partial charge < -0.3 is 9.38 Å². The number of nitrogens with one attached hydrogen (secondary N) is 1. The molecule has 0 saturated carbocycles. The van der Waals surface area contributed by atoms with Gasteiger partial charge in [-0.15, -0.1) is 0 Å². The first-order valence-electron chi connectivity index (χ1n) is 6.27. The van der Waals surface area contributed by atoms with Gasteiger partial charge in [0.15, 0.2) is 0 Å². The Morgan fingerprint density at radius 2 is 1.79 bits per heavy atom. The molecule has 0 spiro atoms. The van der Waals surface area contributed by atoms with Crippen molar-refractivity contribution in [1.82, 2.24) is 9.38 Å². The highest BCUT2D eigenvalue weighted by atomic mass is 16.1. The van der Waals surface area contributed by atoms with Crippen LogP contribution in [-0.4, -0.2) is 9.38 Å². The molecule has 0 bridgehead atoms. The summed E-state index contributed by atoms with van der Waals surface area (Å²) in [6.45, 7) is 2.02. The smallest absolute Gasteiger partial charge is 0.272 e. The molecule has 0 fully saturated rings. The predicted molar refractivity (Wildman–Crippen MR) is 77.8 cm³/mol. The molecule has 0 unspecified atom stereocenters. The molecule has 0 aliphatic carbocycles. The van der Waals surface area contributed by atoms with E-state index in [0.717, 1.165) is 27.5 Å². The molecule has 3 nitrogen and oxygen atoms in total. The zero-order valence-corrected chi connectivity index (χ0v) is 10.5. The van der Waals surface area contributed by atoms with Gasteiger partial charge >= 0.3 is 0 Å². The number of fused-ring (bicyclic) bond motifs is 5. The Morgan fingerprint density at radius 1 is 0.947 bits per heavy atom. The van der Waals surface area contributed by atoms with E-state index in [-0.39, 0.29) is 5.56 Å². The first-order valence-corrected chi connectivity index (χ1v) is 6.27. The van der Waals surface area contributed by atoms with E-state index >= 15 is 0 Å². The van der Waals surface area contributed by atoms with Crippen molar-refractivity contribution in [2.24, 2.45) is 0 Å². The maximum atomic E-state index is 12.2. The lowest BCUT2D eigenvalue weighted by Gasteiger charge is -2.05. The Hall–Kier alpha value is -2.55. The van der Waals surface area contributed by atoms with Crippen LogP contribution in [0, 0.1) is 6.92 Å². The Labute approximate surface area is 109 Å². The van der Waals surface area contributed by atoms with E-state index in [9.17, 15) is 4.79 Å². The molecule has 19 heavy (non-hydrogen) atoms. The number of para-hydroxylation sites is 1. The van der Waals surface area contributed by atoms with E-state index < -0.39 is 0 Å². The topological polar surface area (TPSA) is 37.3 Å². The molecule has 4 rings (SSSR count). The normalized spacial score (nSPS) is 11.6. The molecule has 92 valence electrons. The number of hydrogen-bond donors (Lipinski definition) is 1. The van der Waals surface area contributed by atoms with Gasteiger partial charge in [-0.25, -0.2) is 0 Å². The summed E-state index contributed by atoms with van der Waals surface area (Å²) in [6, 6.07) is 16.1. The van der Waals surface area contributed by atoms with Crippen molar-refractivity contribution < 1.29 is 0 Å². The zero-order valence-electron chi connectivity index (χ0n) is 10.5. The number of aryl methyl sites for hydroxylation is 1. The van der Waals surface area contributed by atoms with E-state index in [0.29, 0.717) is 5.52 Å². The largest absolute Gasteiger partial charge is 0.319 e. The molecule has 2 aromatic carbocycles. The van der Waals surface area contributed by atoms with Crippen LogP contribution in [0.25, 0.3) is 27.5 Å². The zero-order chi connectivity index (χ0) is 13.0. The SMILES string of the molecule is Cc1ccc2c(c1)[nH]c(=O)c1cc3ccccc3n12. The maximum absolute atomic E-state index is 12.2. The van der Waals surface area contributed by atoms with Gasteiger partial charge in [0.25, 0.3) is 5.56 Å². The molecule has 0 aliphatic heterocycles. The van der Waals surface area contributed by atoms with Gasteiger partial charge in [-0.2, -0.15) is 0 Å². The fourth-order valence-corrected chi connectivity index (χ4v) is 2.71.